The minimum Gasteiger partial charge on any atom is -0.331 e. The van der Waals surface area contributed by atoms with E-state index in [1.54, 1.807) is 6.20 Å². The van der Waals surface area contributed by atoms with Gasteiger partial charge in [0.1, 0.15) is 5.82 Å². The van der Waals surface area contributed by atoms with Gasteiger partial charge in [0.15, 0.2) is 0 Å². The lowest BCUT2D eigenvalue weighted by atomic mass is 10.2. The summed E-state index contributed by atoms with van der Waals surface area (Å²) in [7, 11) is 2.02. The van der Waals surface area contributed by atoms with E-state index in [0.717, 1.165) is 23.5 Å². The normalized spacial score (nSPS) is 10.7. The fourth-order valence-electron chi connectivity index (χ4n) is 1.91. The molecule has 2 heterocycles. The first-order valence-electron chi connectivity index (χ1n) is 5.36. The van der Waals surface area contributed by atoms with Crippen LogP contribution in [-0.4, -0.2) is 21.1 Å². The Hall–Kier alpha value is -1.68. The van der Waals surface area contributed by atoms with Crippen molar-refractivity contribution in [3.05, 3.63) is 35.9 Å². The first kappa shape index (κ1) is 10.8. The molecule has 0 spiro atoms. The molecule has 0 bridgehead atoms. The monoisotopic (exact) mass is 216 g/mol. The second-order valence-corrected chi connectivity index (χ2v) is 3.81. The van der Waals surface area contributed by atoms with Crippen LogP contribution in [-0.2, 0) is 13.5 Å². The van der Waals surface area contributed by atoms with Gasteiger partial charge >= 0.3 is 0 Å². The average molecular weight is 216 g/mol. The van der Waals surface area contributed by atoms with E-state index in [9.17, 15) is 0 Å². The van der Waals surface area contributed by atoms with Gasteiger partial charge in [-0.15, -0.1) is 0 Å². The number of nitrogens with zero attached hydrogens (tertiary/aromatic N) is 3. The number of hydrogen-bond donors (Lipinski definition) is 1. The van der Waals surface area contributed by atoms with Crippen LogP contribution in [0.5, 0.6) is 0 Å². The fraction of sp³-hybridized carbons (Fsp3) is 0.333. The third-order valence-corrected chi connectivity index (χ3v) is 2.71. The number of hydrogen-bond acceptors (Lipinski definition) is 3. The second kappa shape index (κ2) is 4.45. The van der Waals surface area contributed by atoms with Crippen LogP contribution >= 0.6 is 0 Å². The lowest BCUT2D eigenvalue weighted by molar-refractivity contribution is 0.805. The topological polar surface area (TPSA) is 56.7 Å². The van der Waals surface area contributed by atoms with Gasteiger partial charge in [0, 0.05) is 37.1 Å². The molecule has 0 aliphatic heterocycles. The average Bonchev–Trinajstić information content (AvgIpc) is 2.59. The predicted molar refractivity (Wildman–Crippen MR) is 63.9 cm³/mol. The first-order valence-corrected chi connectivity index (χ1v) is 5.36. The van der Waals surface area contributed by atoms with Crippen molar-refractivity contribution in [2.75, 3.05) is 6.54 Å². The molecule has 0 aliphatic rings. The maximum atomic E-state index is 5.59. The van der Waals surface area contributed by atoms with Crippen molar-refractivity contribution < 1.29 is 0 Å². The summed E-state index contributed by atoms with van der Waals surface area (Å²) in [6, 6.07) is 3.93. The molecule has 4 heteroatoms. The summed E-state index contributed by atoms with van der Waals surface area (Å²) in [5.74, 6) is 0.953. The van der Waals surface area contributed by atoms with Crippen LogP contribution in [0.15, 0.2) is 24.5 Å². The molecular formula is C12H16N4. The Bertz CT molecular complexity index is 473. The van der Waals surface area contributed by atoms with E-state index in [0.29, 0.717) is 6.54 Å². The summed E-state index contributed by atoms with van der Waals surface area (Å²) >= 11 is 0. The maximum Gasteiger partial charge on any atom is 0.141 e. The quantitative estimate of drug-likeness (QED) is 0.841. The van der Waals surface area contributed by atoms with Gasteiger partial charge in [-0.2, -0.15) is 0 Å². The van der Waals surface area contributed by atoms with E-state index >= 15 is 0 Å². The SMILES string of the molecule is Cc1nc(-c2cccnc2)n(C)c1CCN. The summed E-state index contributed by atoms with van der Waals surface area (Å²) in [6.07, 6.45) is 4.45. The maximum absolute atomic E-state index is 5.59. The van der Waals surface area contributed by atoms with Gasteiger partial charge in [0.05, 0.1) is 5.69 Å². The minimum atomic E-state index is 0.646. The molecular weight excluding hydrogens is 200 g/mol. The van der Waals surface area contributed by atoms with Gasteiger partial charge < -0.3 is 10.3 Å². The van der Waals surface area contributed by atoms with Crippen molar-refractivity contribution in [3.63, 3.8) is 0 Å². The van der Waals surface area contributed by atoms with Crippen molar-refractivity contribution in [3.8, 4) is 11.4 Å². The Morgan fingerprint density at radius 2 is 2.25 bits per heavy atom. The molecule has 16 heavy (non-hydrogen) atoms. The smallest absolute Gasteiger partial charge is 0.141 e. The third-order valence-electron chi connectivity index (χ3n) is 2.71. The summed E-state index contributed by atoms with van der Waals surface area (Å²) < 4.78 is 2.10. The zero-order valence-electron chi connectivity index (χ0n) is 9.64. The lowest BCUT2D eigenvalue weighted by Crippen LogP contribution is -2.08. The van der Waals surface area contributed by atoms with E-state index in [4.69, 9.17) is 5.73 Å². The molecule has 0 atom stereocenters. The van der Waals surface area contributed by atoms with E-state index < -0.39 is 0 Å². The molecule has 0 aliphatic carbocycles. The van der Waals surface area contributed by atoms with Crippen molar-refractivity contribution in [2.24, 2.45) is 12.8 Å². The van der Waals surface area contributed by atoms with Gasteiger partial charge in [-0.3, -0.25) is 4.98 Å². The molecule has 2 N–H and O–H groups in total. The fourth-order valence-corrected chi connectivity index (χ4v) is 1.91. The summed E-state index contributed by atoms with van der Waals surface area (Å²) in [4.78, 5) is 8.68. The molecule has 2 aromatic heterocycles. The lowest BCUT2D eigenvalue weighted by Gasteiger charge is -2.04. The molecule has 0 radical (unpaired) electrons. The molecule has 2 aromatic rings. The van der Waals surface area contributed by atoms with E-state index in [2.05, 4.69) is 14.5 Å². The number of aryl methyl sites for hydroxylation is 1. The number of imidazole rings is 1. The van der Waals surface area contributed by atoms with Crippen molar-refractivity contribution in [1.29, 1.82) is 0 Å². The van der Waals surface area contributed by atoms with Crippen LogP contribution in [0.3, 0.4) is 0 Å². The zero-order valence-corrected chi connectivity index (χ0v) is 9.64. The second-order valence-electron chi connectivity index (χ2n) is 3.81. The van der Waals surface area contributed by atoms with E-state index in [1.165, 1.54) is 5.69 Å². The van der Waals surface area contributed by atoms with Crippen molar-refractivity contribution in [2.45, 2.75) is 13.3 Å². The number of aromatic nitrogens is 3. The summed E-state index contributed by atoms with van der Waals surface area (Å²) in [5, 5.41) is 0. The Labute approximate surface area is 95.1 Å². The van der Waals surface area contributed by atoms with E-state index in [-0.39, 0.29) is 0 Å². The largest absolute Gasteiger partial charge is 0.331 e. The zero-order chi connectivity index (χ0) is 11.5. The van der Waals surface area contributed by atoms with Crippen LogP contribution in [0.2, 0.25) is 0 Å². The van der Waals surface area contributed by atoms with Gasteiger partial charge in [-0.05, 0) is 25.6 Å². The third kappa shape index (κ3) is 1.84. The van der Waals surface area contributed by atoms with Crippen molar-refractivity contribution >= 4 is 0 Å². The van der Waals surface area contributed by atoms with Crippen molar-refractivity contribution in [1.82, 2.24) is 14.5 Å². The molecule has 0 amide bonds. The van der Waals surface area contributed by atoms with Gasteiger partial charge in [0.25, 0.3) is 0 Å². The van der Waals surface area contributed by atoms with E-state index in [1.807, 2.05) is 32.3 Å². The summed E-state index contributed by atoms with van der Waals surface area (Å²) in [5.41, 5.74) is 8.87. The molecule has 84 valence electrons. The van der Waals surface area contributed by atoms with Crippen LogP contribution < -0.4 is 5.73 Å². The molecule has 0 saturated heterocycles. The summed E-state index contributed by atoms with van der Waals surface area (Å²) in [6.45, 7) is 2.66. The predicted octanol–water partition coefficient (Wildman–Crippen LogP) is 1.29. The first-order chi connectivity index (χ1) is 7.74. The van der Waals surface area contributed by atoms with Gasteiger partial charge in [-0.25, -0.2) is 4.98 Å². The molecule has 2 rings (SSSR count). The molecule has 0 fully saturated rings. The number of rotatable bonds is 3. The highest BCUT2D eigenvalue weighted by Crippen LogP contribution is 2.20. The highest BCUT2D eigenvalue weighted by molar-refractivity contribution is 5.55. The molecule has 0 aromatic carbocycles. The van der Waals surface area contributed by atoms with Crippen LogP contribution in [0.25, 0.3) is 11.4 Å². The standard InChI is InChI=1S/C12H16N4/c1-9-11(5-6-13)16(2)12(15-9)10-4-3-7-14-8-10/h3-4,7-8H,5-6,13H2,1-2H3. The van der Waals surface area contributed by atoms with Gasteiger partial charge in [0.2, 0.25) is 0 Å². The van der Waals surface area contributed by atoms with Crippen LogP contribution in [0.4, 0.5) is 0 Å². The highest BCUT2D eigenvalue weighted by atomic mass is 15.1. The number of nitrogens with two attached hydrogens (primary N) is 1. The molecule has 4 nitrogen and oxygen atoms in total. The Morgan fingerprint density at radius 1 is 1.44 bits per heavy atom. The van der Waals surface area contributed by atoms with Gasteiger partial charge in [-0.1, -0.05) is 0 Å². The molecule has 0 saturated carbocycles. The Morgan fingerprint density at radius 3 is 2.88 bits per heavy atom. The van der Waals surface area contributed by atoms with Crippen LogP contribution in [0, 0.1) is 6.92 Å². The van der Waals surface area contributed by atoms with Crippen LogP contribution in [0.1, 0.15) is 11.4 Å². The highest BCUT2D eigenvalue weighted by Gasteiger charge is 2.11. The number of pyridine rings is 1. The minimum absolute atomic E-state index is 0.646. The Kier molecular flexibility index (Phi) is 3.01. The Balaban J connectivity index is 2.47. The molecule has 0 unspecified atom stereocenters.